The second-order valence-corrected chi connectivity index (χ2v) is 5.28. The van der Waals surface area contributed by atoms with Crippen LogP contribution in [0.1, 0.15) is 30.9 Å². The second kappa shape index (κ2) is 4.51. The maximum atomic E-state index is 13.2. The van der Waals surface area contributed by atoms with Crippen molar-refractivity contribution in [3.8, 4) is 0 Å². The molecule has 0 radical (unpaired) electrons. The van der Waals surface area contributed by atoms with Crippen LogP contribution in [0.15, 0.2) is 41.9 Å². The second-order valence-electron chi connectivity index (χ2n) is 5.28. The number of carbonyl (C=O) groups is 1. The summed E-state index contributed by atoms with van der Waals surface area (Å²) in [5.74, 6) is 0.452. The topological polar surface area (TPSA) is 59.8 Å². The third-order valence-corrected chi connectivity index (χ3v) is 4.00. The molecule has 0 bridgehead atoms. The highest BCUT2D eigenvalue weighted by atomic mass is 19.1. The largest absolute Gasteiger partial charge is 0.328 e. The van der Waals surface area contributed by atoms with E-state index in [2.05, 4.69) is 15.4 Å². The zero-order valence-corrected chi connectivity index (χ0v) is 11.2. The molecule has 4 rings (SSSR count). The maximum absolute atomic E-state index is 13.2. The Morgan fingerprint density at radius 1 is 1.24 bits per heavy atom. The minimum atomic E-state index is -0.327. The Balaban J connectivity index is 1.91. The molecule has 1 aromatic carbocycles. The van der Waals surface area contributed by atoms with Crippen LogP contribution in [0, 0.1) is 5.82 Å². The highest BCUT2D eigenvalue weighted by Gasteiger charge is 2.35. The lowest BCUT2D eigenvalue weighted by molar-refractivity contribution is -0.116. The quantitative estimate of drug-likeness (QED) is 0.873. The fourth-order valence-corrected chi connectivity index (χ4v) is 3.05. The van der Waals surface area contributed by atoms with E-state index < -0.39 is 0 Å². The summed E-state index contributed by atoms with van der Waals surface area (Å²) < 4.78 is 14.9. The van der Waals surface area contributed by atoms with Crippen LogP contribution in [0.2, 0.25) is 0 Å². The molecule has 0 saturated carbocycles. The number of hydrogen-bond donors (Lipinski definition) is 1. The molecule has 0 spiro atoms. The van der Waals surface area contributed by atoms with Crippen molar-refractivity contribution >= 4 is 11.7 Å². The molecular formula is C15H13FN4O. The van der Waals surface area contributed by atoms with Crippen LogP contribution in [0.25, 0.3) is 0 Å². The van der Waals surface area contributed by atoms with E-state index in [-0.39, 0.29) is 17.6 Å². The van der Waals surface area contributed by atoms with Crippen LogP contribution in [-0.4, -0.2) is 20.5 Å². The van der Waals surface area contributed by atoms with Gasteiger partial charge in [0.2, 0.25) is 5.95 Å². The molecule has 5 nitrogen and oxygen atoms in total. The highest BCUT2D eigenvalue weighted by molar-refractivity contribution is 5.99. The fourth-order valence-electron chi connectivity index (χ4n) is 3.05. The summed E-state index contributed by atoms with van der Waals surface area (Å²) in [6.45, 7) is 0. The van der Waals surface area contributed by atoms with Crippen LogP contribution < -0.4 is 5.32 Å². The number of carbonyl (C=O) groups excluding carboxylic acids is 1. The third-order valence-electron chi connectivity index (χ3n) is 4.00. The first-order valence-electron chi connectivity index (χ1n) is 6.92. The van der Waals surface area contributed by atoms with E-state index in [9.17, 15) is 9.18 Å². The first kappa shape index (κ1) is 12.3. The van der Waals surface area contributed by atoms with Gasteiger partial charge in [-0.25, -0.2) is 9.07 Å². The Labute approximate surface area is 120 Å². The van der Waals surface area contributed by atoms with Crippen molar-refractivity contribution in [2.45, 2.75) is 25.3 Å². The molecule has 21 heavy (non-hydrogen) atoms. The Morgan fingerprint density at radius 2 is 2.05 bits per heavy atom. The summed E-state index contributed by atoms with van der Waals surface area (Å²) in [6.07, 6.45) is 3.67. The van der Waals surface area contributed by atoms with E-state index in [0.717, 1.165) is 29.7 Å². The van der Waals surface area contributed by atoms with Crippen molar-refractivity contribution < 1.29 is 9.18 Å². The first-order valence-corrected chi connectivity index (χ1v) is 6.92. The average molecular weight is 284 g/mol. The van der Waals surface area contributed by atoms with Gasteiger partial charge in [0.15, 0.2) is 5.78 Å². The molecule has 0 amide bonds. The lowest BCUT2D eigenvalue weighted by Gasteiger charge is -2.32. The van der Waals surface area contributed by atoms with E-state index in [1.165, 1.54) is 18.5 Å². The standard InChI is InChI=1S/C15H13FN4O/c16-10-6-4-9(5-7-10)14-13-11(2-1-3-12(13)21)19-15-17-8-18-20(14)15/h4-8,14H,1-3H2,(H,17,18,19)/t14-/m0/s1. The van der Waals surface area contributed by atoms with Gasteiger partial charge in [-0.15, -0.1) is 0 Å². The number of rotatable bonds is 1. The summed E-state index contributed by atoms with van der Waals surface area (Å²) in [5, 5.41) is 7.42. The molecule has 1 aliphatic heterocycles. The van der Waals surface area contributed by atoms with Crippen molar-refractivity contribution in [1.29, 1.82) is 0 Å². The Morgan fingerprint density at radius 3 is 2.86 bits per heavy atom. The summed E-state index contributed by atoms with van der Waals surface area (Å²) in [5.41, 5.74) is 2.49. The Bertz CT molecular complexity index is 747. The van der Waals surface area contributed by atoms with Gasteiger partial charge in [-0.2, -0.15) is 10.1 Å². The van der Waals surface area contributed by atoms with Gasteiger partial charge in [-0.05, 0) is 30.5 Å². The number of nitrogens with zero attached hydrogens (tertiary/aromatic N) is 3. The van der Waals surface area contributed by atoms with Gasteiger partial charge in [0, 0.05) is 17.7 Å². The zero-order valence-electron chi connectivity index (χ0n) is 11.2. The Kier molecular flexibility index (Phi) is 2.63. The van der Waals surface area contributed by atoms with Crippen LogP contribution in [-0.2, 0) is 4.79 Å². The molecule has 6 heteroatoms. The average Bonchev–Trinajstić information content (AvgIpc) is 2.94. The monoisotopic (exact) mass is 284 g/mol. The van der Waals surface area contributed by atoms with Crippen molar-refractivity contribution in [2.75, 3.05) is 5.32 Å². The van der Waals surface area contributed by atoms with Crippen LogP contribution in [0.5, 0.6) is 0 Å². The molecule has 1 aromatic heterocycles. The number of hydrogen-bond acceptors (Lipinski definition) is 4. The maximum Gasteiger partial charge on any atom is 0.226 e. The fraction of sp³-hybridized carbons (Fsp3) is 0.267. The number of nitrogens with one attached hydrogen (secondary N) is 1. The van der Waals surface area contributed by atoms with Crippen LogP contribution in [0.3, 0.4) is 0 Å². The lowest BCUT2D eigenvalue weighted by Crippen LogP contribution is -2.31. The summed E-state index contributed by atoms with van der Waals surface area (Å²) in [4.78, 5) is 16.6. The number of ketones is 1. The van der Waals surface area contributed by atoms with Gasteiger partial charge >= 0.3 is 0 Å². The summed E-state index contributed by atoms with van der Waals surface area (Å²) >= 11 is 0. The van der Waals surface area contributed by atoms with Gasteiger partial charge in [-0.1, -0.05) is 12.1 Å². The van der Waals surface area contributed by atoms with E-state index >= 15 is 0 Å². The number of aromatic nitrogens is 3. The van der Waals surface area contributed by atoms with E-state index in [1.807, 2.05) is 0 Å². The minimum Gasteiger partial charge on any atom is -0.328 e. The minimum absolute atomic E-state index is 0.124. The molecule has 0 saturated heterocycles. The number of halogens is 1. The summed E-state index contributed by atoms with van der Waals surface area (Å²) in [6, 6.07) is 5.88. The smallest absolute Gasteiger partial charge is 0.226 e. The van der Waals surface area contributed by atoms with Crippen molar-refractivity contribution in [3.63, 3.8) is 0 Å². The van der Waals surface area contributed by atoms with Gasteiger partial charge in [0.1, 0.15) is 18.2 Å². The predicted molar refractivity (Wildman–Crippen MR) is 74.1 cm³/mol. The normalized spacial score (nSPS) is 20.8. The molecule has 0 unspecified atom stereocenters. The third kappa shape index (κ3) is 1.86. The van der Waals surface area contributed by atoms with Gasteiger partial charge in [0.25, 0.3) is 0 Å². The van der Waals surface area contributed by atoms with Crippen LogP contribution in [0.4, 0.5) is 10.3 Å². The molecule has 2 aliphatic rings. The number of allylic oxidation sites excluding steroid dienone is 2. The van der Waals surface area contributed by atoms with Gasteiger partial charge in [-0.3, -0.25) is 4.79 Å². The van der Waals surface area contributed by atoms with Crippen LogP contribution >= 0.6 is 0 Å². The Hall–Kier alpha value is -2.50. The van der Waals surface area contributed by atoms with E-state index in [0.29, 0.717) is 12.4 Å². The SMILES string of the molecule is O=C1CCCC2=C1[C@H](c1ccc(F)cc1)n1ncnc1N2. The molecule has 2 aromatic rings. The molecule has 1 atom stereocenters. The molecule has 106 valence electrons. The van der Waals surface area contributed by atoms with E-state index in [4.69, 9.17) is 0 Å². The highest BCUT2D eigenvalue weighted by Crippen LogP contribution is 2.39. The molecule has 2 heterocycles. The van der Waals surface area contributed by atoms with E-state index in [1.54, 1.807) is 16.8 Å². The molecular weight excluding hydrogens is 271 g/mol. The van der Waals surface area contributed by atoms with Crippen molar-refractivity contribution in [3.05, 3.63) is 53.2 Å². The molecule has 1 N–H and O–H groups in total. The van der Waals surface area contributed by atoms with Gasteiger partial charge in [0.05, 0.1) is 0 Å². The lowest BCUT2D eigenvalue weighted by atomic mass is 9.85. The van der Waals surface area contributed by atoms with Gasteiger partial charge < -0.3 is 5.32 Å². The number of Topliss-reactive ketones (excluding diaryl/α,β-unsaturated/α-hetero) is 1. The number of benzene rings is 1. The predicted octanol–water partition coefficient (Wildman–Crippen LogP) is 2.44. The first-order chi connectivity index (χ1) is 10.2. The van der Waals surface area contributed by atoms with Crippen molar-refractivity contribution in [1.82, 2.24) is 14.8 Å². The number of fused-ring (bicyclic) bond motifs is 1. The zero-order chi connectivity index (χ0) is 14.4. The molecule has 0 fully saturated rings. The van der Waals surface area contributed by atoms with Crippen molar-refractivity contribution in [2.24, 2.45) is 0 Å². The molecule has 1 aliphatic carbocycles. The summed E-state index contributed by atoms with van der Waals surface area (Å²) in [7, 11) is 0. The number of anilines is 1.